The number of aliphatic hydroxyl groups is 1. The number of nitrogens with zero attached hydrogens (tertiary/aromatic N) is 9. The van der Waals surface area contributed by atoms with Crippen LogP contribution in [-0.2, 0) is 62.2 Å². The molecule has 1 unspecified atom stereocenters. The number of allylic oxidation sites excluding steroid dienone is 2. The molecule has 0 bridgehead atoms. The summed E-state index contributed by atoms with van der Waals surface area (Å²) in [5.74, 6) is -11.2. The van der Waals surface area contributed by atoms with Crippen LogP contribution in [0.1, 0.15) is 150 Å². The van der Waals surface area contributed by atoms with Gasteiger partial charge < -0.3 is 79.9 Å². The number of aliphatic hydroxyl groups excluding tert-OH is 1. The largest absolute Gasteiger partial charge is 0.447 e. The van der Waals surface area contributed by atoms with E-state index in [2.05, 4.69) is 26.2 Å². The zero-order valence-corrected chi connectivity index (χ0v) is 63.8. The Morgan fingerprint density at radius 2 is 0.969 bits per heavy atom. The van der Waals surface area contributed by atoms with Crippen LogP contribution in [0.2, 0.25) is 0 Å². The van der Waals surface area contributed by atoms with E-state index in [1.165, 1.54) is 89.7 Å². The third-order valence-electron chi connectivity index (χ3n) is 18.9. The van der Waals surface area contributed by atoms with Gasteiger partial charge in [0.25, 0.3) is 0 Å². The molecule has 560 valence electrons. The van der Waals surface area contributed by atoms with Crippen LogP contribution in [0.3, 0.4) is 0 Å². The fraction of sp³-hybridized carbons (Fsp3) is 0.800. The summed E-state index contributed by atoms with van der Waals surface area (Å²) in [6, 6.07) is -14.4. The summed E-state index contributed by atoms with van der Waals surface area (Å²) < 4.78 is 11.5. The minimum atomic E-state index is -1.66. The molecule has 2 aliphatic rings. The maximum absolute atomic E-state index is 15.3. The third kappa shape index (κ3) is 24.2. The van der Waals surface area contributed by atoms with Gasteiger partial charge in [0.1, 0.15) is 73.1 Å². The molecule has 0 radical (unpaired) electrons. The van der Waals surface area contributed by atoms with Gasteiger partial charge >= 0.3 is 6.09 Å². The highest BCUT2D eigenvalue weighted by Crippen LogP contribution is 2.26. The van der Waals surface area contributed by atoms with Gasteiger partial charge in [-0.15, -0.1) is 0 Å². The van der Waals surface area contributed by atoms with E-state index in [0.717, 1.165) is 14.7 Å². The molecule has 0 saturated carbocycles. The summed E-state index contributed by atoms with van der Waals surface area (Å²) in [4.78, 5) is 188. The number of piperazine rings is 1. The molecule has 28 heteroatoms. The van der Waals surface area contributed by atoms with Gasteiger partial charge in [0.15, 0.2) is 0 Å². The predicted molar refractivity (Wildman–Crippen MR) is 374 cm³/mol. The zero-order chi connectivity index (χ0) is 75.2. The van der Waals surface area contributed by atoms with Crippen LogP contribution in [-0.4, -0.2) is 295 Å². The van der Waals surface area contributed by atoms with E-state index in [1.807, 2.05) is 48.6 Å². The van der Waals surface area contributed by atoms with Crippen molar-refractivity contribution in [3.8, 4) is 0 Å². The predicted octanol–water partition coefficient (Wildman–Crippen LogP) is 2.65. The Labute approximate surface area is 584 Å². The van der Waals surface area contributed by atoms with Gasteiger partial charge in [-0.05, 0) is 102 Å². The van der Waals surface area contributed by atoms with Crippen molar-refractivity contribution in [1.82, 2.24) is 65.4 Å². The highest BCUT2D eigenvalue weighted by atomic mass is 16.6. The van der Waals surface area contributed by atoms with Gasteiger partial charge in [-0.1, -0.05) is 102 Å². The molecule has 0 spiro atoms. The van der Waals surface area contributed by atoms with E-state index in [9.17, 15) is 38.7 Å². The summed E-state index contributed by atoms with van der Waals surface area (Å²) in [5, 5.41) is 23.3. The monoisotopic (exact) mass is 1390 g/mol. The summed E-state index contributed by atoms with van der Waals surface area (Å²) in [6.45, 7) is 31.0. The number of nitrogens with one attached hydrogen (secondary N) is 4. The maximum Gasteiger partial charge on any atom is 0.409 e. The summed E-state index contributed by atoms with van der Waals surface area (Å²) >= 11 is 0. The van der Waals surface area contributed by atoms with E-state index in [1.54, 1.807) is 72.4 Å². The van der Waals surface area contributed by atoms with Gasteiger partial charge in [0.2, 0.25) is 65.0 Å². The lowest BCUT2D eigenvalue weighted by Crippen LogP contribution is -2.64. The summed E-state index contributed by atoms with van der Waals surface area (Å²) in [5.41, 5.74) is 0. The summed E-state index contributed by atoms with van der Waals surface area (Å²) in [7, 11) is 11.7. The molecule has 0 aliphatic carbocycles. The minimum absolute atomic E-state index is 0.0342. The molecule has 14 atom stereocenters. The third-order valence-corrected chi connectivity index (χ3v) is 18.9. The van der Waals surface area contributed by atoms with Gasteiger partial charge in [0.05, 0.1) is 19.3 Å². The lowest BCUT2D eigenvalue weighted by molar-refractivity contribution is -0.157. The molecule has 0 aromatic carbocycles. The van der Waals surface area contributed by atoms with Crippen molar-refractivity contribution in [3.05, 3.63) is 12.2 Å². The van der Waals surface area contributed by atoms with Crippen molar-refractivity contribution in [2.75, 3.05) is 102 Å². The van der Waals surface area contributed by atoms with E-state index < -0.39 is 167 Å². The topological polar surface area (TPSA) is 321 Å². The molecule has 0 aromatic heterocycles. The van der Waals surface area contributed by atoms with Gasteiger partial charge in [-0.25, -0.2) is 4.79 Å². The number of carbonyl (C=O) groups is 12. The fourth-order valence-corrected chi connectivity index (χ4v) is 12.4. The number of hydrogen-bond acceptors (Lipinski definition) is 16. The Hall–Kier alpha value is -6.94. The number of hydrogen-bond donors (Lipinski definition) is 5. The second-order valence-corrected chi connectivity index (χ2v) is 29.2. The maximum atomic E-state index is 15.3. The Bertz CT molecular complexity index is 2720. The molecule has 5 N–H and O–H groups in total. The SMILES string of the molecule is C/C=C/C[C@@H](C)[C@@H](O)C1C(=O)N[C@@H](CC)C(=O)N(C)[C@H](C)C(=O)N(C)[C@@H]([C@H](C)COCCOC(=O)N2CCN(C)CC2)C(=O)N[C@@H](C(C)C)C(=O)N(C)[C@@H](CC(C)C)C(=O)N[C@@H](C)C(=O)N[C@H](C)C(=O)N(C)[C@@H](CC(C)C)C(=O)N(C)[C@@H](CC(C)C)C(=O)N(C)[C@@H](C(C)C)C(=O)N1C. The molecule has 2 aliphatic heterocycles. The molecular weight excluding hydrogens is 1260 g/mol. The number of amides is 12. The number of carbonyl (C=O) groups excluding carboxylic acids is 12. The van der Waals surface area contributed by atoms with E-state index >= 15 is 24.0 Å². The lowest BCUT2D eigenvalue weighted by atomic mass is 9.91. The van der Waals surface area contributed by atoms with Gasteiger partial charge in [0, 0.05) is 81.4 Å². The van der Waals surface area contributed by atoms with Crippen LogP contribution in [0.5, 0.6) is 0 Å². The van der Waals surface area contributed by atoms with Crippen LogP contribution in [0.15, 0.2) is 12.2 Å². The minimum Gasteiger partial charge on any atom is -0.447 e. The Kier molecular flexibility index (Phi) is 35.9. The molecular formula is C70H125N13O15. The smallest absolute Gasteiger partial charge is 0.409 e. The second-order valence-electron chi connectivity index (χ2n) is 29.2. The first-order valence-electron chi connectivity index (χ1n) is 35.1. The molecule has 12 amide bonds. The van der Waals surface area contributed by atoms with Crippen LogP contribution in [0.4, 0.5) is 4.79 Å². The molecule has 28 nitrogen and oxygen atoms in total. The average Bonchev–Trinajstić information content (AvgIpc) is 0.810. The quantitative estimate of drug-likeness (QED) is 0.0917. The first-order chi connectivity index (χ1) is 45.5. The van der Waals surface area contributed by atoms with E-state index in [-0.39, 0.29) is 69.7 Å². The molecule has 2 rings (SSSR count). The lowest BCUT2D eigenvalue weighted by Gasteiger charge is -2.41. The number of likely N-dealkylation sites (N-methyl/N-ethyl adjacent to an activating group) is 8. The molecule has 98 heavy (non-hydrogen) atoms. The Morgan fingerprint density at radius 1 is 0.500 bits per heavy atom. The molecule has 0 aromatic rings. The Morgan fingerprint density at radius 3 is 1.47 bits per heavy atom. The number of ether oxygens (including phenoxy) is 2. The van der Waals surface area contributed by atoms with Crippen molar-refractivity contribution in [2.45, 2.75) is 222 Å². The van der Waals surface area contributed by atoms with Crippen LogP contribution in [0.25, 0.3) is 0 Å². The molecule has 2 heterocycles. The van der Waals surface area contributed by atoms with Gasteiger partial charge in [-0.2, -0.15) is 0 Å². The molecule has 2 fully saturated rings. The second kappa shape index (κ2) is 40.3. The van der Waals surface area contributed by atoms with Crippen LogP contribution >= 0.6 is 0 Å². The van der Waals surface area contributed by atoms with Gasteiger partial charge in [-0.3, -0.25) is 52.7 Å². The highest BCUT2D eigenvalue weighted by molar-refractivity contribution is 6.00. The van der Waals surface area contributed by atoms with Crippen molar-refractivity contribution >= 4 is 71.1 Å². The first kappa shape index (κ1) is 87.1. The van der Waals surface area contributed by atoms with Crippen molar-refractivity contribution in [2.24, 2.45) is 41.4 Å². The fourth-order valence-electron chi connectivity index (χ4n) is 12.4. The zero-order valence-electron chi connectivity index (χ0n) is 63.8. The summed E-state index contributed by atoms with van der Waals surface area (Å²) in [6.07, 6.45) is 2.14. The standard InChI is InChI=1S/C70H125N13O15/c1-26-28-29-45(13)58(84)57-62(88)73-50(27-2)65(91)76(19)49(17)64(90)81(24)56(46(14)39-97-34-35-98-70(96)83-32-30-75(18)31-33-83)61(87)74-54(43(9)10)68(94)77(20)51(36-40(3)4)60(86)71-47(15)59(85)72-48(16)63(89)78(21)52(37-41(5)6)66(92)79(22)53(38-42(7)8)67(93)80(23)55(44(11)12)69(95)82(57)25/h26,28,40-58,84H,27,29-39H2,1-25H3,(H,71,86)(H,72,85)(H,73,88)(H,74,87)/b28-26+/t45-,46-,47+,48-,49-,50+,51+,52+,53+,54+,55+,56+,57?,58-/m1/s1. The van der Waals surface area contributed by atoms with Crippen molar-refractivity contribution in [3.63, 3.8) is 0 Å². The van der Waals surface area contributed by atoms with Crippen LogP contribution in [0, 0.1) is 41.4 Å². The average molecular weight is 1390 g/mol. The number of rotatable bonds is 19. The highest BCUT2D eigenvalue weighted by Gasteiger charge is 2.46. The van der Waals surface area contributed by atoms with Crippen molar-refractivity contribution < 1.29 is 72.1 Å². The first-order valence-corrected chi connectivity index (χ1v) is 35.1. The van der Waals surface area contributed by atoms with Crippen molar-refractivity contribution in [1.29, 1.82) is 0 Å². The van der Waals surface area contributed by atoms with Crippen LogP contribution < -0.4 is 21.3 Å². The Balaban J connectivity index is 3.00. The normalized spacial score (nSPS) is 27.1. The molecule has 2 saturated heterocycles. The van der Waals surface area contributed by atoms with E-state index in [4.69, 9.17) is 9.47 Å². The van der Waals surface area contributed by atoms with E-state index in [0.29, 0.717) is 26.2 Å².